The van der Waals surface area contributed by atoms with Gasteiger partial charge in [0, 0.05) is 23.6 Å². The second kappa shape index (κ2) is 6.17. The Labute approximate surface area is 109 Å². The normalized spacial score (nSPS) is 13.6. The summed E-state index contributed by atoms with van der Waals surface area (Å²) in [6.07, 6.45) is -1.83. The lowest BCUT2D eigenvalue weighted by molar-refractivity contribution is -0.384. The van der Waals surface area contributed by atoms with Crippen molar-refractivity contribution < 1.29 is 18.9 Å². The number of nitrogens with zero attached hydrogens (tertiary/aromatic N) is 1. The van der Waals surface area contributed by atoms with E-state index in [1.807, 2.05) is 0 Å². The molecule has 0 radical (unpaired) electrons. The van der Waals surface area contributed by atoms with Crippen LogP contribution in [0.5, 0.6) is 0 Å². The number of nitro benzene ring substituents is 1. The Kier molecular flexibility index (Phi) is 4.86. The molecule has 0 aliphatic heterocycles. The average molecular weight is 267 g/mol. The summed E-state index contributed by atoms with van der Waals surface area (Å²) in [5, 5.41) is 10.6. The predicted octanol–water partition coefficient (Wildman–Crippen LogP) is 2.73. The summed E-state index contributed by atoms with van der Waals surface area (Å²) in [5.74, 6) is -2.38. The van der Waals surface area contributed by atoms with Gasteiger partial charge in [-0.05, 0) is 6.42 Å². The number of rotatable bonds is 6. The predicted molar refractivity (Wildman–Crippen MR) is 66.8 cm³/mol. The zero-order valence-electron chi connectivity index (χ0n) is 10.6. The third-order valence-corrected chi connectivity index (χ3v) is 2.92. The summed E-state index contributed by atoms with van der Waals surface area (Å²) in [4.78, 5) is 33.2. The van der Waals surface area contributed by atoms with Crippen molar-refractivity contribution >= 4 is 17.3 Å². The summed E-state index contributed by atoms with van der Waals surface area (Å²) in [6.45, 7) is 3.25. The van der Waals surface area contributed by atoms with Gasteiger partial charge in [0.25, 0.3) is 5.69 Å². The third-order valence-electron chi connectivity index (χ3n) is 2.92. The van der Waals surface area contributed by atoms with Crippen LogP contribution in [0, 0.1) is 16.0 Å². The number of carbonyl (C=O) groups excluding carboxylic acids is 2. The first-order valence-corrected chi connectivity index (χ1v) is 5.85. The molecule has 5 nitrogen and oxygen atoms in total. The molecule has 0 aliphatic rings. The van der Waals surface area contributed by atoms with Crippen LogP contribution in [-0.2, 0) is 4.79 Å². The number of hydrogen-bond donors (Lipinski definition) is 0. The maximum atomic E-state index is 13.8. The molecule has 0 bridgehead atoms. The van der Waals surface area contributed by atoms with Gasteiger partial charge in [0.2, 0.25) is 12.0 Å². The van der Waals surface area contributed by atoms with Crippen LogP contribution < -0.4 is 0 Å². The lowest BCUT2D eigenvalue weighted by Crippen LogP contribution is -2.30. The Morgan fingerprint density at radius 3 is 2.58 bits per heavy atom. The molecule has 0 N–H and O–H groups in total. The number of ketones is 2. The van der Waals surface area contributed by atoms with Gasteiger partial charge in [0.15, 0.2) is 5.78 Å². The number of non-ortho nitro benzene ring substituents is 1. The van der Waals surface area contributed by atoms with Crippen LogP contribution in [0.15, 0.2) is 24.3 Å². The van der Waals surface area contributed by atoms with Gasteiger partial charge in [-0.25, -0.2) is 4.39 Å². The number of alkyl halides is 1. The maximum absolute atomic E-state index is 13.8. The molecule has 0 aliphatic carbocycles. The van der Waals surface area contributed by atoms with Crippen LogP contribution in [0.1, 0.15) is 30.6 Å². The van der Waals surface area contributed by atoms with Gasteiger partial charge in [-0.2, -0.15) is 0 Å². The van der Waals surface area contributed by atoms with Crippen LogP contribution in [0.3, 0.4) is 0 Å². The Bertz CT molecular complexity index is 515. The summed E-state index contributed by atoms with van der Waals surface area (Å²) in [6, 6.07) is 4.71. The Hall–Kier alpha value is -2.11. The minimum atomic E-state index is -2.27. The largest absolute Gasteiger partial charge is 0.296 e. The molecule has 19 heavy (non-hydrogen) atoms. The first-order valence-electron chi connectivity index (χ1n) is 5.85. The van der Waals surface area contributed by atoms with E-state index < -0.39 is 28.6 Å². The number of carbonyl (C=O) groups is 2. The van der Waals surface area contributed by atoms with Crippen LogP contribution in [0.2, 0.25) is 0 Å². The van der Waals surface area contributed by atoms with Crippen molar-refractivity contribution in [3.05, 3.63) is 39.9 Å². The molecule has 0 saturated carbocycles. The van der Waals surface area contributed by atoms with Crippen LogP contribution >= 0.6 is 0 Å². The van der Waals surface area contributed by atoms with Crippen molar-refractivity contribution in [1.29, 1.82) is 0 Å². The van der Waals surface area contributed by atoms with E-state index in [1.54, 1.807) is 6.92 Å². The standard InChI is InChI=1S/C13H14FNO4/c1-3-8(2)12(16)11(14)13(17)9-5-4-6-10(7-9)15(18)19/h4-8,11H,3H2,1-2H3. The Morgan fingerprint density at radius 1 is 1.42 bits per heavy atom. The molecule has 0 heterocycles. The van der Waals surface area contributed by atoms with E-state index in [0.717, 1.165) is 6.07 Å². The average Bonchev–Trinajstić information content (AvgIpc) is 2.44. The molecule has 1 aromatic carbocycles. The van der Waals surface area contributed by atoms with Crippen molar-refractivity contribution in [3.8, 4) is 0 Å². The summed E-state index contributed by atoms with van der Waals surface area (Å²) >= 11 is 0. The van der Waals surface area contributed by atoms with E-state index in [-0.39, 0.29) is 11.3 Å². The van der Waals surface area contributed by atoms with Crippen molar-refractivity contribution in [2.24, 2.45) is 5.92 Å². The van der Waals surface area contributed by atoms with Gasteiger partial charge in [0.05, 0.1) is 4.92 Å². The van der Waals surface area contributed by atoms with E-state index in [9.17, 15) is 24.1 Å². The van der Waals surface area contributed by atoms with Crippen LogP contribution in [0.25, 0.3) is 0 Å². The topological polar surface area (TPSA) is 77.3 Å². The van der Waals surface area contributed by atoms with Gasteiger partial charge < -0.3 is 0 Å². The zero-order valence-corrected chi connectivity index (χ0v) is 10.6. The van der Waals surface area contributed by atoms with Gasteiger partial charge in [0.1, 0.15) is 0 Å². The summed E-state index contributed by atoms with van der Waals surface area (Å²) in [5.41, 5.74) is -0.479. The van der Waals surface area contributed by atoms with E-state index in [4.69, 9.17) is 0 Å². The monoisotopic (exact) mass is 267 g/mol. The smallest absolute Gasteiger partial charge is 0.270 e. The van der Waals surface area contributed by atoms with Gasteiger partial charge in [-0.1, -0.05) is 26.0 Å². The molecule has 0 amide bonds. The van der Waals surface area contributed by atoms with Crippen molar-refractivity contribution in [2.45, 2.75) is 26.4 Å². The quantitative estimate of drug-likeness (QED) is 0.343. The van der Waals surface area contributed by atoms with Gasteiger partial charge >= 0.3 is 0 Å². The highest BCUT2D eigenvalue weighted by Crippen LogP contribution is 2.18. The third kappa shape index (κ3) is 3.43. The van der Waals surface area contributed by atoms with E-state index in [1.165, 1.54) is 25.1 Å². The van der Waals surface area contributed by atoms with E-state index >= 15 is 0 Å². The number of halogens is 1. The molecule has 1 rings (SSSR count). The van der Waals surface area contributed by atoms with Crippen molar-refractivity contribution in [2.75, 3.05) is 0 Å². The molecule has 0 aromatic heterocycles. The highest BCUT2D eigenvalue weighted by atomic mass is 19.1. The minimum absolute atomic E-state index is 0.168. The molecule has 1 aromatic rings. The number of Topliss-reactive ketones (excluding diaryl/α,β-unsaturated/α-hetero) is 2. The molecule has 0 fully saturated rings. The molecule has 2 unspecified atom stereocenters. The second-order valence-electron chi connectivity index (χ2n) is 4.25. The Morgan fingerprint density at radius 2 is 2.05 bits per heavy atom. The fraction of sp³-hybridized carbons (Fsp3) is 0.385. The lowest BCUT2D eigenvalue weighted by atomic mass is 9.95. The van der Waals surface area contributed by atoms with Gasteiger partial charge in [-0.15, -0.1) is 0 Å². The molecular weight excluding hydrogens is 253 g/mol. The van der Waals surface area contributed by atoms with Crippen molar-refractivity contribution in [1.82, 2.24) is 0 Å². The highest BCUT2D eigenvalue weighted by Gasteiger charge is 2.30. The number of nitro groups is 1. The van der Waals surface area contributed by atoms with Crippen LogP contribution in [0.4, 0.5) is 10.1 Å². The maximum Gasteiger partial charge on any atom is 0.270 e. The molecular formula is C13H14FNO4. The second-order valence-corrected chi connectivity index (χ2v) is 4.25. The number of benzene rings is 1. The van der Waals surface area contributed by atoms with Crippen molar-refractivity contribution in [3.63, 3.8) is 0 Å². The summed E-state index contributed by atoms with van der Waals surface area (Å²) in [7, 11) is 0. The molecule has 0 spiro atoms. The number of hydrogen-bond acceptors (Lipinski definition) is 4. The fourth-order valence-electron chi connectivity index (χ4n) is 1.50. The lowest BCUT2D eigenvalue weighted by Gasteiger charge is -2.11. The Balaban J connectivity index is 2.97. The minimum Gasteiger partial charge on any atom is -0.296 e. The zero-order chi connectivity index (χ0) is 14.6. The fourth-order valence-corrected chi connectivity index (χ4v) is 1.50. The molecule has 0 saturated heterocycles. The van der Waals surface area contributed by atoms with Crippen LogP contribution in [-0.4, -0.2) is 22.7 Å². The SMILES string of the molecule is CCC(C)C(=O)C(F)C(=O)c1cccc([N+](=O)[O-])c1. The highest BCUT2D eigenvalue weighted by molar-refractivity contribution is 6.13. The van der Waals surface area contributed by atoms with E-state index in [2.05, 4.69) is 0 Å². The molecule has 102 valence electrons. The first-order chi connectivity index (χ1) is 8.88. The molecule has 6 heteroatoms. The van der Waals surface area contributed by atoms with Gasteiger partial charge in [-0.3, -0.25) is 19.7 Å². The first kappa shape index (κ1) is 14.9. The van der Waals surface area contributed by atoms with E-state index in [0.29, 0.717) is 6.42 Å². The molecule has 2 atom stereocenters. The summed E-state index contributed by atoms with van der Waals surface area (Å²) < 4.78 is 13.8.